The van der Waals surface area contributed by atoms with Gasteiger partial charge in [-0.1, -0.05) is 18.2 Å². The van der Waals surface area contributed by atoms with Crippen molar-refractivity contribution in [2.75, 3.05) is 0 Å². The Morgan fingerprint density at radius 1 is 0.600 bits per heavy atom. The molecule has 0 aliphatic rings. The van der Waals surface area contributed by atoms with Gasteiger partial charge in [0.1, 0.15) is 5.75 Å². The highest BCUT2D eigenvalue weighted by atomic mass is 32.3. The molecule has 0 atom stereocenters. The summed E-state index contributed by atoms with van der Waals surface area (Å²) in [6.45, 7) is 0. The monoisotopic (exact) mass is 583 g/mol. The molecule has 0 bridgehead atoms. The van der Waals surface area contributed by atoms with E-state index in [0.29, 0.717) is 9.88 Å². The molecule has 0 heterocycles. The Labute approximate surface area is 195 Å². The minimum Gasteiger partial charge on any atom is -0.508 e. The van der Waals surface area contributed by atoms with E-state index < -0.39 is 42.9 Å². The maximum Gasteiger partial charge on any atom is 0.467 e. The van der Waals surface area contributed by atoms with Gasteiger partial charge in [-0.25, -0.2) is 16.8 Å². The summed E-state index contributed by atoms with van der Waals surface area (Å²) in [4.78, 5) is 2.45. The molecule has 2 aromatic carbocycles. The number of alkyl halides is 10. The molecule has 2 aromatic rings. The van der Waals surface area contributed by atoms with Gasteiger partial charge in [-0.2, -0.15) is 43.9 Å². The SMILES string of the molecule is O=S(=O)([N-]S(=O)(=O)C(F)(F)C(F)(F)F)C(F)(F)C(F)(F)F.Oc1ccc([SH+]c2ccccc2)cc1. The molecule has 0 radical (unpaired) electrons. The van der Waals surface area contributed by atoms with Crippen molar-refractivity contribution in [1.29, 1.82) is 0 Å². The van der Waals surface area contributed by atoms with E-state index in [-0.39, 0.29) is 0 Å². The first-order valence-corrected chi connectivity index (χ1v) is 12.0. The Bertz CT molecular complexity index is 1140. The molecule has 0 saturated carbocycles. The third kappa shape index (κ3) is 7.37. The van der Waals surface area contributed by atoms with Crippen LogP contribution < -0.4 is 0 Å². The second-order valence-corrected chi connectivity index (χ2v) is 10.8. The van der Waals surface area contributed by atoms with Crippen LogP contribution in [0.4, 0.5) is 43.9 Å². The molecule has 0 aliphatic carbocycles. The maximum absolute atomic E-state index is 12.3. The van der Waals surface area contributed by atoms with E-state index in [1.807, 2.05) is 30.3 Å². The summed E-state index contributed by atoms with van der Waals surface area (Å²) in [5, 5.41) is -4.86. The first-order valence-electron chi connectivity index (χ1n) is 8.23. The topological polar surface area (TPSA) is 103 Å². The van der Waals surface area contributed by atoms with Crippen molar-refractivity contribution in [3.63, 3.8) is 0 Å². The lowest BCUT2D eigenvalue weighted by Crippen LogP contribution is -2.48. The molecular formula is C16H11F10NO5S3. The number of phenolic OH excluding ortho intramolecular Hbond substituents is 1. The van der Waals surface area contributed by atoms with E-state index in [9.17, 15) is 60.7 Å². The molecule has 0 aromatic heterocycles. The first-order chi connectivity index (χ1) is 15.6. The molecule has 0 unspecified atom stereocenters. The van der Waals surface area contributed by atoms with E-state index >= 15 is 0 Å². The van der Waals surface area contributed by atoms with Gasteiger partial charge < -0.3 is 9.23 Å². The van der Waals surface area contributed by atoms with Crippen LogP contribution in [0.3, 0.4) is 0 Å². The second kappa shape index (κ2) is 10.4. The molecule has 0 fully saturated rings. The Balaban J connectivity index is 0.000000375. The zero-order valence-corrected chi connectivity index (χ0v) is 18.8. The average Bonchev–Trinajstić information content (AvgIpc) is 2.68. The Morgan fingerprint density at radius 3 is 1.29 bits per heavy atom. The molecule has 0 amide bonds. The van der Waals surface area contributed by atoms with Crippen molar-refractivity contribution < 1.29 is 65.8 Å². The van der Waals surface area contributed by atoms with Crippen LogP contribution in [-0.2, 0) is 31.8 Å². The highest BCUT2D eigenvalue weighted by molar-refractivity contribution is 8.13. The predicted molar refractivity (Wildman–Crippen MR) is 103 cm³/mol. The Kier molecular flexibility index (Phi) is 9.14. The zero-order valence-electron chi connectivity index (χ0n) is 16.3. The van der Waals surface area contributed by atoms with Gasteiger partial charge in [0.15, 0.2) is 29.8 Å². The number of rotatable bonds is 6. The van der Waals surface area contributed by atoms with Gasteiger partial charge in [-0.15, -0.1) is 0 Å². The molecule has 1 N–H and O–H groups in total. The molecule has 0 spiro atoms. The van der Waals surface area contributed by atoms with Crippen molar-refractivity contribution in [3.8, 4) is 5.75 Å². The Morgan fingerprint density at radius 2 is 0.943 bits per heavy atom. The lowest BCUT2D eigenvalue weighted by atomic mass is 10.3. The number of phenols is 1. The van der Waals surface area contributed by atoms with Crippen LogP contribution in [0.2, 0.25) is 0 Å². The summed E-state index contributed by atoms with van der Waals surface area (Å²) < 4.78 is 161. The van der Waals surface area contributed by atoms with Crippen LogP contribution in [0.1, 0.15) is 0 Å². The van der Waals surface area contributed by atoms with Gasteiger partial charge in [0, 0.05) is 11.8 Å². The molecule has 19 heteroatoms. The molecule has 2 rings (SSSR count). The van der Waals surface area contributed by atoms with Crippen molar-refractivity contribution >= 4 is 31.8 Å². The van der Waals surface area contributed by atoms with Crippen LogP contribution in [0.25, 0.3) is 4.13 Å². The predicted octanol–water partition coefficient (Wildman–Crippen LogP) is 4.96. The number of thiol groups is 1. The molecular weight excluding hydrogens is 572 g/mol. The van der Waals surface area contributed by atoms with Crippen LogP contribution >= 0.6 is 0 Å². The number of nitrogens with zero attached hydrogens (tertiary/aromatic N) is 1. The van der Waals surface area contributed by atoms with Crippen LogP contribution in [0, 0.1) is 0 Å². The summed E-state index contributed by atoms with van der Waals surface area (Å²) in [5.41, 5.74) is 0. The fourth-order valence-corrected chi connectivity index (χ4v) is 4.98. The molecule has 6 nitrogen and oxygen atoms in total. The molecule has 198 valence electrons. The third-order valence-corrected chi connectivity index (χ3v) is 7.81. The van der Waals surface area contributed by atoms with Crippen LogP contribution in [-0.4, -0.2) is 44.8 Å². The van der Waals surface area contributed by atoms with Gasteiger partial charge in [-0.3, -0.25) is 0 Å². The molecule has 35 heavy (non-hydrogen) atoms. The molecule has 0 aliphatic heterocycles. The van der Waals surface area contributed by atoms with Gasteiger partial charge in [0.25, 0.3) is 0 Å². The first kappa shape index (κ1) is 30.8. The third-order valence-electron chi connectivity index (χ3n) is 3.37. The number of halogens is 10. The van der Waals surface area contributed by atoms with Crippen molar-refractivity contribution in [2.24, 2.45) is 0 Å². The summed E-state index contributed by atoms with van der Waals surface area (Å²) in [5.74, 6) is 0.317. The summed E-state index contributed by atoms with van der Waals surface area (Å²) >= 11 is 1.17. The fourth-order valence-electron chi connectivity index (χ4n) is 1.69. The fraction of sp³-hybridized carbons (Fsp3) is 0.250. The number of aromatic hydroxyl groups is 1. The lowest BCUT2D eigenvalue weighted by molar-refractivity contribution is -0.241. The normalized spacial score (nSPS) is 13.7. The summed E-state index contributed by atoms with van der Waals surface area (Å²) in [6.07, 6.45) is -14.0. The average molecular weight is 583 g/mol. The standard InChI is InChI=1S/C12H10OS.C4F10NO4S2/c13-10-6-8-12(9-7-10)14-11-4-2-1-3-5-11;5-1(6,7)3(11,12)20(16,17)15-21(18,19)4(13,14)2(8,9)10/h1-9,13H;/q;-1/p+1. The van der Waals surface area contributed by atoms with Crippen LogP contribution in [0.5, 0.6) is 5.75 Å². The number of hydrogen-bond donors (Lipinski definition) is 1. The van der Waals surface area contributed by atoms with Crippen molar-refractivity contribution in [1.82, 2.24) is 0 Å². The van der Waals surface area contributed by atoms with Gasteiger partial charge >= 0.3 is 22.9 Å². The maximum atomic E-state index is 12.3. The molecule has 0 saturated heterocycles. The summed E-state index contributed by atoms with van der Waals surface area (Å²) in [6, 6.07) is 17.6. The van der Waals surface area contributed by atoms with E-state index in [2.05, 4.69) is 12.1 Å². The number of hydrogen-bond acceptors (Lipinski definition) is 5. The van der Waals surface area contributed by atoms with Crippen molar-refractivity contribution in [2.45, 2.75) is 32.7 Å². The number of sulfonamides is 2. The van der Waals surface area contributed by atoms with E-state index in [4.69, 9.17) is 5.11 Å². The van der Waals surface area contributed by atoms with Crippen molar-refractivity contribution in [3.05, 3.63) is 58.7 Å². The minimum absolute atomic E-state index is 0.317. The summed E-state index contributed by atoms with van der Waals surface area (Å²) in [7, 11) is -15.2. The zero-order chi connectivity index (χ0) is 27.5. The quantitative estimate of drug-likeness (QED) is 0.295. The minimum atomic E-state index is -7.62. The van der Waals surface area contributed by atoms with E-state index in [0.717, 1.165) is 0 Å². The highest BCUT2D eigenvalue weighted by Gasteiger charge is 2.68. The van der Waals surface area contributed by atoms with Gasteiger partial charge in [0.05, 0.1) is 0 Å². The van der Waals surface area contributed by atoms with E-state index in [1.165, 1.54) is 21.6 Å². The number of benzene rings is 2. The van der Waals surface area contributed by atoms with Gasteiger partial charge in [0.2, 0.25) is 0 Å². The second-order valence-electron chi connectivity index (χ2n) is 6.02. The largest absolute Gasteiger partial charge is 0.508 e. The van der Waals surface area contributed by atoms with E-state index in [1.54, 1.807) is 12.1 Å². The lowest BCUT2D eigenvalue weighted by Gasteiger charge is -2.31. The van der Waals surface area contributed by atoms with Crippen LogP contribution in [0.15, 0.2) is 64.4 Å². The smallest absolute Gasteiger partial charge is 0.467 e. The Hall–Kier alpha value is -2.25. The highest BCUT2D eigenvalue weighted by Crippen LogP contribution is 2.47. The van der Waals surface area contributed by atoms with Gasteiger partial charge in [-0.05, 0) is 36.4 Å².